The van der Waals surface area contributed by atoms with E-state index in [9.17, 15) is 15.0 Å². The van der Waals surface area contributed by atoms with Gasteiger partial charge < -0.3 is 15.3 Å². The average molecular weight is 359 g/mol. The first-order valence-electron chi connectivity index (χ1n) is 10.5. The maximum atomic E-state index is 11.5. The minimum atomic E-state index is -1.79. The Bertz CT molecular complexity index is 319. The molecule has 4 heteroatoms. The molecular weight excluding hydrogens is 316 g/mol. The Morgan fingerprint density at radius 3 is 1.48 bits per heavy atom. The number of ketones is 1. The van der Waals surface area contributed by atoms with Gasteiger partial charge in [0.2, 0.25) is 0 Å². The molecule has 0 amide bonds. The maximum absolute atomic E-state index is 11.5. The lowest BCUT2D eigenvalue weighted by Crippen LogP contribution is -2.50. The first-order valence-corrected chi connectivity index (χ1v) is 10.5. The molecule has 0 spiro atoms. The van der Waals surface area contributed by atoms with Crippen LogP contribution >= 0.6 is 0 Å². The average Bonchev–Trinajstić information content (AvgIpc) is 2.60. The molecule has 0 aliphatic carbocycles. The molecule has 3 N–H and O–H groups in total. The van der Waals surface area contributed by atoms with E-state index in [2.05, 4.69) is 6.92 Å². The molecule has 0 aromatic carbocycles. The minimum Gasteiger partial charge on any atom is -0.394 e. The monoisotopic (exact) mass is 358 g/mol. The van der Waals surface area contributed by atoms with Gasteiger partial charge in [-0.3, -0.25) is 4.79 Å². The van der Waals surface area contributed by atoms with Gasteiger partial charge in [0.1, 0.15) is 6.10 Å². The Balaban J connectivity index is 3.48. The predicted molar refractivity (Wildman–Crippen MR) is 104 cm³/mol. The fraction of sp³-hybridized carbons (Fsp3) is 0.952. The van der Waals surface area contributed by atoms with Crippen molar-refractivity contribution in [1.29, 1.82) is 0 Å². The molecule has 2 atom stereocenters. The number of aliphatic hydroxyl groups excluding tert-OH is 2. The van der Waals surface area contributed by atoms with Crippen molar-refractivity contribution in [2.24, 2.45) is 0 Å². The van der Waals surface area contributed by atoms with E-state index in [-0.39, 0.29) is 6.42 Å². The molecule has 150 valence electrons. The van der Waals surface area contributed by atoms with Gasteiger partial charge in [-0.05, 0) is 13.3 Å². The fourth-order valence-corrected chi connectivity index (χ4v) is 3.32. The summed E-state index contributed by atoms with van der Waals surface area (Å²) >= 11 is 0. The number of unbranched alkanes of at least 4 members (excludes halogenated alkanes) is 13. The summed E-state index contributed by atoms with van der Waals surface area (Å²) in [6, 6.07) is 0. The first-order chi connectivity index (χ1) is 12.0. The van der Waals surface area contributed by atoms with Gasteiger partial charge in [0.25, 0.3) is 0 Å². The lowest BCUT2D eigenvalue weighted by atomic mass is 9.87. The molecule has 25 heavy (non-hydrogen) atoms. The lowest BCUT2D eigenvalue weighted by molar-refractivity contribution is -0.153. The number of hydrogen-bond donors (Lipinski definition) is 3. The Labute approximate surface area is 155 Å². The summed E-state index contributed by atoms with van der Waals surface area (Å²) in [6.07, 6.45) is 16.3. The van der Waals surface area contributed by atoms with Crippen LogP contribution in [0.1, 0.15) is 110 Å². The first kappa shape index (κ1) is 24.6. The highest BCUT2D eigenvalue weighted by Gasteiger charge is 2.39. The van der Waals surface area contributed by atoms with Gasteiger partial charge in [-0.1, -0.05) is 96.8 Å². The third-order valence-electron chi connectivity index (χ3n) is 5.25. The third kappa shape index (κ3) is 11.7. The van der Waals surface area contributed by atoms with Gasteiger partial charge in [0.05, 0.1) is 6.61 Å². The van der Waals surface area contributed by atoms with Gasteiger partial charge >= 0.3 is 0 Å². The lowest BCUT2D eigenvalue weighted by Gasteiger charge is -2.29. The van der Waals surface area contributed by atoms with Crippen LogP contribution in [-0.4, -0.2) is 39.4 Å². The Morgan fingerprint density at radius 2 is 1.16 bits per heavy atom. The van der Waals surface area contributed by atoms with E-state index in [1.165, 1.54) is 77.6 Å². The summed E-state index contributed by atoms with van der Waals surface area (Å²) in [6.45, 7) is 2.93. The van der Waals surface area contributed by atoms with E-state index in [0.717, 1.165) is 12.8 Å². The van der Waals surface area contributed by atoms with Crippen molar-refractivity contribution in [2.45, 2.75) is 122 Å². The molecule has 0 fully saturated rings. The summed E-state index contributed by atoms with van der Waals surface area (Å²) in [5, 5.41) is 28.8. The van der Waals surface area contributed by atoms with Crippen LogP contribution in [0.4, 0.5) is 0 Å². The number of aliphatic hydroxyl groups is 3. The van der Waals surface area contributed by atoms with Gasteiger partial charge in [-0.2, -0.15) is 0 Å². The summed E-state index contributed by atoms with van der Waals surface area (Å²) in [7, 11) is 0. The molecule has 0 aliphatic heterocycles. The Hall–Kier alpha value is -0.450. The molecule has 0 bridgehead atoms. The Kier molecular flexibility index (Phi) is 15.5. The van der Waals surface area contributed by atoms with Crippen LogP contribution in [0.3, 0.4) is 0 Å². The van der Waals surface area contributed by atoms with Crippen LogP contribution in [0.25, 0.3) is 0 Å². The molecule has 0 rings (SSSR count). The zero-order valence-electron chi connectivity index (χ0n) is 16.6. The van der Waals surface area contributed by atoms with Crippen LogP contribution in [0.5, 0.6) is 0 Å². The second-order valence-corrected chi connectivity index (χ2v) is 7.53. The zero-order valence-corrected chi connectivity index (χ0v) is 16.6. The molecule has 0 aromatic heterocycles. The predicted octanol–water partition coefficient (Wildman–Crippen LogP) is 4.53. The highest BCUT2D eigenvalue weighted by atomic mass is 16.4. The highest BCUT2D eigenvalue weighted by molar-refractivity contribution is 5.85. The van der Waals surface area contributed by atoms with Crippen molar-refractivity contribution in [3.05, 3.63) is 0 Å². The number of carbonyl (C=O) groups excluding carboxylic acids is 1. The van der Waals surface area contributed by atoms with Gasteiger partial charge in [0, 0.05) is 0 Å². The third-order valence-corrected chi connectivity index (χ3v) is 5.25. The van der Waals surface area contributed by atoms with E-state index in [4.69, 9.17) is 5.11 Å². The van der Waals surface area contributed by atoms with Crippen molar-refractivity contribution in [3.8, 4) is 0 Å². The second kappa shape index (κ2) is 15.8. The van der Waals surface area contributed by atoms with E-state index in [1.807, 2.05) is 0 Å². The normalized spacial score (nSPS) is 15.1. The van der Waals surface area contributed by atoms with Crippen molar-refractivity contribution in [2.75, 3.05) is 6.61 Å². The zero-order chi connectivity index (χ0) is 19.0. The maximum Gasteiger partial charge on any atom is 0.164 e. The van der Waals surface area contributed by atoms with Crippen molar-refractivity contribution >= 4 is 5.78 Å². The SMILES string of the molecule is CCCCCCCCCCCCCCCCC(O)(C(C)=O)C(O)CO. The van der Waals surface area contributed by atoms with Gasteiger partial charge in [0.15, 0.2) is 11.4 Å². The highest BCUT2D eigenvalue weighted by Crippen LogP contribution is 2.22. The van der Waals surface area contributed by atoms with E-state index >= 15 is 0 Å². The van der Waals surface area contributed by atoms with Crippen LogP contribution < -0.4 is 0 Å². The van der Waals surface area contributed by atoms with Crippen molar-refractivity contribution in [1.82, 2.24) is 0 Å². The summed E-state index contributed by atoms with van der Waals surface area (Å²) in [5.74, 6) is -0.469. The smallest absolute Gasteiger partial charge is 0.164 e. The van der Waals surface area contributed by atoms with Crippen LogP contribution in [0.15, 0.2) is 0 Å². The number of hydrogen-bond acceptors (Lipinski definition) is 4. The fourth-order valence-electron chi connectivity index (χ4n) is 3.32. The van der Waals surface area contributed by atoms with E-state index < -0.39 is 24.1 Å². The molecule has 0 radical (unpaired) electrons. The van der Waals surface area contributed by atoms with Gasteiger partial charge in [-0.15, -0.1) is 0 Å². The van der Waals surface area contributed by atoms with Crippen LogP contribution in [0, 0.1) is 0 Å². The minimum absolute atomic E-state index is 0.224. The molecule has 0 aromatic rings. The molecular formula is C21H42O4. The number of Topliss-reactive ketones (excluding diaryl/α,β-unsaturated/α-hetero) is 1. The number of rotatable bonds is 18. The molecule has 2 unspecified atom stereocenters. The molecule has 0 heterocycles. The summed E-state index contributed by atoms with van der Waals surface area (Å²) in [4.78, 5) is 11.5. The van der Waals surface area contributed by atoms with Crippen LogP contribution in [0.2, 0.25) is 0 Å². The van der Waals surface area contributed by atoms with Crippen molar-refractivity contribution in [3.63, 3.8) is 0 Å². The number of carbonyl (C=O) groups is 1. The molecule has 0 saturated carbocycles. The van der Waals surface area contributed by atoms with Gasteiger partial charge in [-0.25, -0.2) is 0 Å². The van der Waals surface area contributed by atoms with Crippen molar-refractivity contribution < 1.29 is 20.1 Å². The molecule has 0 aliphatic rings. The summed E-state index contributed by atoms with van der Waals surface area (Å²) < 4.78 is 0. The quantitative estimate of drug-likeness (QED) is 0.315. The van der Waals surface area contributed by atoms with E-state index in [1.54, 1.807) is 0 Å². The topological polar surface area (TPSA) is 77.8 Å². The molecule has 4 nitrogen and oxygen atoms in total. The standard InChI is InChI=1S/C21H42O4/c1-3-4-5-6-7-8-9-10-11-12-13-14-15-16-17-21(25,19(2)23)20(24)18-22/h20,22,24-25H,3-18H2,1-2H3. The van der Waals surface area contributed by atoms with Crippen LogP contribution in [-0.2, 0) is 4.79 Å². The second-order valence-electron chi connectivity index (χ2n) is 7.53. The molecule has 0 saturated heterocycles. The largest absolute Gasteiger partial charge is 0.394 e. The summed E-state index contributed by atoms with van der Waals surface area (Å²) in [5.41, 5.74) is -1.79. The van der Waals surface area contributed by atoms with E-state index in [0.29, 0.717) is 6.42 Å². The Morgan fingerprint density at radius 1 is 0.800 bits per heavy atom.